The molecular weight excluding hydrogens is 312 g/mol. The number of amides is 1. The monoisotopic (exact) mass is 332 g/mol. The Morgan fingerprint density at radius 2 is 1.92 bits per heavy atom. The fourth-order valence-electron chi connectivity index (χ4n) is 3.35. The van der Waals surface area contributed by atoms with Crippen molar-refractivity contribution < 1.29 is 4.79 Å². The molecule has 1 N–H and O–H groups in total. The number of nitrogens with zero attached hydrogens (tertiary/aromatic N) is 3. The fourth-order valence-corrected chi connectivity index (χ4v) is 3.35. The zero-order valence-corrected chi connectivity index (χ0v) is 14.3. The van der Waals surface area contributed by atoms with Crippen LogP contribution in [-0.2, 0) is 11.3 Å². The Kier molecular flexibility index (Phi) is 3.76. The van der Waals surface area contributed by atoms with Gasteiger partial charge in [-0.05, 0) is 44.2 Å². The van der Waals surface area contributed by atoms with Crippen LogP contribution in [0.5, 0.6) is 0 Å². The van der Waals surface area contributed by atoms with Crippen molar-refractivity contribution in [2.24, 2.45) is 0 Å². The molecule has 2 heterocycles. The third-order valence-corrected chi connectivity index (χ3v) is 4.66. The van der Waals surface area contributed by atoms with E-state index in [1.807, 2.05) is 25.1 Å². The van der Waals surface area contributed by atoms with Crippen LogP contribution < -0.4 is 5.32 Å². The lowest BCUT2D eigenvalue weighted by molar-refractivity contribution is -0.119. The zero-order chi connectivity index (χ0) is 17.4. The molecule has 0 bridgehead atoms. The van der Waals surface area contributed by atoms with Crippen molar-refractivity contribution in [3.05, 3.63) is 60.9 Å². The van der Waals surface area contributed by atoms with Crippen LogP contribution in [0, 0.1) is 0 Å². The van der Waals surface area contributed by atoms with Crippen LogP contribution in [-0.4, -0.2) is 20.3 Å². The van der Waals surface area contributed by atoms with E-state index < -0.39 is 0 Å². The minimum atomic E-state index is -0.359. The van der Waals surface area contributed by atoms with E-state index in [1.54, 1.807) is 17.1 Å². The molecule has 4 aromatic rings. The third-order valence-electron chi connectivity index (χ3n) is 4.66. The molecule has 2 aromatic heterocycles. The number of aromatic nitrogens is 3. The minimum absolute atomic E-state index is 0.0812. The molecule has 4 rings (SSSR count). The summed E-state index contributed by atoms with van der Waals surface area (Å²) in [5.74, 6) is -0.0812. The average molecular weight is 332 g/mol. The Hall–Kier alpha value is -3.08. The van der Waals surface area contributed by atoms with Gasteiger partial charge < -0.3 is 9.88 Å². The van der Waals surface area contributed by atoms with Crippen LogP contribution in [0.15, 0.2) is 60.9 Å². The van der Waals surface area contributed by atoms with Crippen LogP contribution in [0.3, 0.4) is 0 Å². The molecule has 1 unspecified atom stereocenters. The van der Waals surface area contributed by atoms with E-state index in [0.29, 0.717) is 0 Å². The third kappa shape index (κ3) is 2.58. The van der Waals surface area contributed by atoms with Crippen molar-refractivity contribution >= 4 is 33.4 Å². The highest BCUT2D eigenvalue weighted by Gasteiger charge is 2.16. The van der Waals surface area contributed by atoms with Gasteiger partial charge in [-0.3, -0.25) is 9.48 Å². The van der Waals surface area contributed by atoms with Gasteiger partial charge >= 0.3 is 0 Å². The molecule has 2 aromatic carbocycles. The first-order valence-electron chi connectivity index (χ1n) is 8.50. The maximum absolute atomic E-state index is 12.5. The molecule has 25 heavy (non-hydrogen) atoms. The predicted molar refractivity (Wildman–Crippen MR) is 101 cm³/mol. The van der Waals surface area contributed by atoms with Crippen LogP contribution in [0.1, 0.15) is 19.9 Å². The van der Waals surface area contributed by atoms with Crippen LogP contribution in [0.25, 0.3) is 21.8 Å². The number of benzene rings is 2. The molecule has 0 spiro atoms. The quantitative estimate of drug-likeness (QED) is 0.608. The summed E-state index contributed by atoms with van der Waals surface area (Å²) in [6, 6.07) is 15.9. The second-order valence-corrected chi connectivity index (χ2v) is 6.14. The number of hydrogen-bond donors (Lipinski definition) is 1. The van der Waals surface area contributed by atoms with Gasteiger partial charge in [0.15, 0.2) is 0 Å². The van der Waals surface area contributed by atoms with Crippen molar-refractivity contribution in [3.63, 3.8) is 0 Å². The van der Waals surface area contributed by atoms with Crippen LogP contribution in [0.2, 0.25) is 0 Å². The molecule has 0 radical (unpaired) electrons. The van der Waals surface area contributed by atoms with Gasteiger partial charge in [0.1, 0.15) is 6.04 Å². The molecule has 126 valence electrons. The first-order chi connectivity index (χ1) is 12.2. The minimum Gasteiger partial charge on any atom is -0.341 e. The summed E-state index contributed by atoms with van der Waals surface area (Å²) in [5, 5.41) is 9.50. The standard InChI is InChI=1S/C20H20N4O/c1-3-23-18-8-5-4-7-16(18)17-13-15(9-10-19(17)23)22-20(25)14(2)24-12-6-11-21-24/h4-14H,3H2,1-2H3,(H,22,25). The Labute approximate surface area is 145 Å². The lowest BCUT2D eigenvalue weighted by Crippen LogP contribution is -2.23. The van der Waals surface area contributed by atoms with Crippen molar-refractivity contribution in [1.29, 1.82) is 0 Å². The Balaban J connectivity index is 1.72. The zero-order valence-electron chi connectivity index (χ0n) is 14.3. The van der Waals surface area contributed by atoms with Crippen LogP contribution in [0.4, 0.5) is 5.69 Å². The molecule has 0 aliphatic carbocycles. The second-order valence-electron chi connectivity index (χ2n) is 6.14. The van der Waals surface area contributed by atoms with E-state index in [2.05, 4.69) is 52.2 Å². The second kappa shape index (κ2) is 6.09. The summed E-state index contributed by atoms with van der Waals surface area (Å²) in [5.41, 5.74) is 3.20. The van der Waals surface area contributed by atoms with Gasteiger partial charge in [-0.1, -0.05) is 18.2 Å². The maximum atomic E-state index is 12.5. The van der Waals surface area contributed by atoms with Crippen molar-refractivity contribution in [1.82, 2.24) is 14.3 Å². The molecule has 5 heteroatoms. The first-order valence-corrected chi connectivity index (χ1v) is 8.50. The van der Waals surface area contributed by atoms with E-state index in [9.17, 15) is 4.79 Å². The maximum Gasteiger partial charge on any atom is 0.248 e. The predicted octanol–water partition coefficient (Wildman–Crippen LogP) is 4.21. The van der Waals surface area contributed by atoms with E-state index in [0.717, 1.165) is 17.6 Å². The number of fused-ring (bicyclic) bond motifs is 3. The highest BCUT2D eigenvalue weighted by Crippen LogP contribution is 2.31. The van der Waals surface area contributed by atoms with Gasteiger partial charge in [0.25, 0.3) is 0 Å². The van der Waals surface area contributed by atoms with Gasteiger partial charge in [0.05, 0.1) is 0 Å². The number of aryl methyl sites for hydroxylation is 1. The average Bonchev–Trinajstić information content (AvgIpc) is 3.27. The normalized spacial score (nSPS) is 12.6. The fraction of sp³-hybridized carbons (Fsp3) is 0.200. The number of para-hydroxylation sites is 1. The number of hydrogen-bond acceptors (Lipinski definition) is 2. The molecule has 1 atom stereocenters. The van der Waals surface area contributed by atoms with E-state index >= 15 is 0 Å². The summed E-state index contributed by atoms with van der Waals surface area (Å²) >= 11 is 0. The SMILES string of the molecule is CCn1c2ccccc2c2cc(NC(=O)C(C)n3cccn3)ccc21. The van der Waals surface area contributed by atoms with Crippen molar-refractivity contribution in [2.75, 3.05) is 5.32 Å². The summed E-state index contributed by atoms with van der Waals surface area (Å²) in [7, 11) is 0. The highest BCUT2D eigenvalue weighted by atomic mass is 16.2. The van der Waals surface area contributed by atoms with Crippen molar-refractivity contribution in [2.45, 2.75) is 26.4 Å². The highest BCUT2D eigenvalue weighted by molar-refractivity contribution is 6.09. The molecular formula is C20H20N4O. The topological polar surface area (TPSA) is 51.9 Å². The molecule has 5 nitrogen and oxygen atoms in total. The Morgan fingerprint density at radius 1 is 1.12 bits per heavy atom. The summed E-state index contributed by atoms with van der Waals surface area (Å²) < 4.78 is 3.94. The van der Waals surface area contributed by atoms with Gasteiger partial charge in [-0.15, -0.1) is 0 Å². The van der Waals surface area contributed by atoms with Gasteiger partial charge in [-0.2, -0.15) is 5.10 Å². The largest absolute Gasteiger partial charge is 0.341 e. The smallest absolute Gasteiger partial charge is 0.248 e. The molecule has 0 aliphatic rings. The summed E-state index contributed by atoms with van der Waals surface area (Å²) in [4.78, 5) is 12.5. The molecule has 1 amide bonds. The van der Waals surface area contributed by atoms with Gasteiger partial charge in [0.2, 0.25) is 5.91 Å². The van der Waals surface area contributed by atoms with E-state index in [1.165, 1.54) is 16.4 Å². The van der Waals surface area contributed by atoms with E-state index in [-0.39, 0.29) is 11.9 Å². The molecule has 0 saturated heterocycles. The molecule has 0 aliphatic heterocycles. The van der Waals surface area contributed by atoms with Crippen LogP contribution >= 0.6 is 0 Å². The van der Waals surface area contributed by atoms with E-state index in [4.69, 9.17) is 0 Å². The number of nitrogens with one attached hydrogen (secondary N) is 1. The molecule has 0 saturated carbocycles. The van der Waals surface area contributed by atoms with Gasteiger partial charge in [0, 0.05) is 46.4 Å². The Morgan fingerprint density at radius 3 is 2.68 bits per heavy atom. The lowest BCUT2D eigenvalue weighted by atomic mass is 10.1. The lowest BCUT2D eigenvalue weighted by Gasteiger charge is -2.13. The number of carbonyl (C=O) groups excluding carboxylic acids is 1. The summed E-state index contributed by atoms with van der Waals surface area (Å²) in [6.07, 6.45) is 3.47. The van der Waals surface area contributed by atoms with Gasteiger partial charge in [-0.25, -0.2) is 0 Å². The number of anilines is 1. The number of rotatable bonds is 4. The molecule has 0 fully saturated rings. The summed E-state index contributed by atoms with van der Waals surface area (Å²) in [6.45, 7) is 4.89. The first kappa shape index (κ1) is 15.4. The number of carbonyl (C=O) groups is 1. The Bertz CT molecular complexity index is 1050. The van der Waals surface area contributed by atoms with Crippen molar-refractivity contribution in [3.8, 4) is 0 Å².